The van der Waals surface area contributed by atoms with Crippen molar-refractivity contribution in [1.29, 1.82) is 0 Å². The number of rotatable bonds is 4. The lowest BCUT2D eigenvalue weighted by molar-refractivity contribution is 0.590. The van der Waals surface area contributed by atoms with Crippen LogP contribution in [-0.4, -0.2) is 32.5 Å². The van der Waals surface area contributed by atoms with Gasteiger partial charge in [-0.15, -0.1) is 0 Å². The molecule has 62 valence electrons. The van der Waals surface area contributed by atoms with Crippen molar-refractivity contribution >= 4 is 9.84 Å². The summed E-state index contributed by atoms with van der Waals surface area (Å²) in [4.78, 5) is 0. The molecule has 0 radical (unpaired) electrons. The first-order valence-electron chi connectivity index (χ1n) is 3.14. The van der Waals surface area contributed by atoms with Crippen molar-refractivity contribution in [2.45, 2.75) is 13.0 Å². The summed E-state index contributed by atoms with van der Waals surface area (Å²) < 4.78 is 21.8. The molecule has 0 amide bonds. The van der Waals surface area contributed by atoms with Crippen LogP contribution >= 0.6 is 0 Å². The van der Waals surface area contributed by atoms with E-state index >= 15 is 0 Å². The van der Waals surface area contributed by atoms with E-state index in [4.69, 9.17) is 11.5 Å². The maximum atomic E-state index is 10.9. The van der Waals surface area contributed by atoms with Crippen LogP contribution in [-0.2, 0) is 9.84 Å². The molecule has 1 atom stereocenters. The number of hydrogen-bond donors (Lipinski definition) is 2. The molecule has 10 heavy (non-hydrogen) atoms. The first-order chi connectivity index (χ1) is 4.48. The molecule has 0 aliphatic rings. The van der Waals surface area contributed by atoms with Crippen molar-refractivity contribution in [3.63, 3.8) is 0 Å². The minimum Gasteiger partial charge on any atom is -0.329 e. The molecule has 0 saturated heterocycles. The summed E-state index contributed by atoms with van der Waals surface area (Å²) >= 11 is 0. The summed E-state index contributed by atoms with van der Waals surface area (Å²) in [7, 11) is -2.98. The predicted octanol–water partition coefficient (Wildman–Crippen LogP) is -1.29. The van der Waals surface area contributed by atoms with Gasteiger partial charge in [-0.25, -0.2) is 8.42 Å². The zero-order valence-corrected chi connectivity index (χ0v) is 6.89. The summed E-state index contributed by atoms with van der Waals surface area (Å²) in [5.74, 6) is 0.0682. The Kier molecular flexibility index (Phi) is 3.85. The van der Waals surface area contributed by atoms with Gasteiger partial charge in [0, 0.05) is 12.6 Å². The summed E-state index contributed by atoms with van der Waals surface area (Å²) in [5.41, 5.74) is 10.4. The largest absolute Gasteiger partial charge is 0.329 e. The molecule has 0 rings (SSSR count). The second-order valence-electron chi connectivity index (χ2n) is 2.38. The van der Waals surface area contributed by atoms with E-state index in [1.54, 1.807) is 6.92 Å². The highest BCUT2D eigenvalue weighted by Gasteiger charge is 2.11. The summed E-state index contributed by atoms with van der Waals surface area (Å²) in [5, 5.41) is 0. The van der Waals surface area contributed by atoms with Gasteiger partial charge in [-0.3, -0.25) is 0 Å². The van der Waals surface area contributed by atoms with Crippen LogP contribution in [0.15, 0.2) is 0 Å². The molecular formula is C5H14N2O2S. The van der Waals surface area contributed by atoms with Gasteiger partial charge in [0.15, 0.2) is 9.84 Å². The first-order valence-corrected chi connectivity index (χ1v) is 4.96. The zero-order valence-electron chi connectivity index (χ0n) is 6.08. The minimum absolute atomic E-state index is 0.0319. The van der Waals surface area contributed by atoms with Gasteiger partial charge in [0.1, 0.15) is 0 Å². The number of sulfone groups is 1. The SMILES string of the molecule is CC(N)CS(=O)(=O)CCN. The Morgan fingerprint density at radius 3 is 2.30 bits per heavy atom. The lowest BCUT2D eigenvalue weighted by Crippen LogP contribution is -2.29. The molecule has 0 aromatic carbocycles. The molecule has 0 aromatic heterocycles. The Morgan fingerprint density at radius 1 is 1.50 bits per heavy atom. The molecule has 5 heteroatoms. The summed E-state index contributed by atoms with van der Waals surface area (Å²) in [6, 6.07) is -0.295. The van der Waals surface area contributed by atoms with Crippen LogP contribution in [0.5, 0.6) is 0 Å². The third kappa shape index (κ3) is 4.72. The molecule has 0 fully saturated rings. The van der Waals surface area contributed by atoms with Gasteiger partial charge in [0.2, 0.25) is 0 Å². The fraction of sp³-hybridized carbons (Fsp3) is 1.00. The Morgan fingerprint density at radius 2 is 2.00 bits per heavy atom. The van der Waals surface area contributed by atoms with Crippen LogP contribution in [0.25, 0.3) is 0 Å². The molecule has 1 unspecified atom stereocenters. The second-order valence-corrected chi connectivity index (χ2v) is 4.61. The van der Waals surface area contributed by atoms with Gasteiger partial charge in [0.05, 0.1) is 11.5 Å². The smallest absolute Gasteiger partial charge is 0.153 e. The Bertz CT molecular complexity index is 174. The van der Waals surface area contributed by atoms with Gasteiger partial charge in [-0.2, -0.15) is 0 Å². The van der Waals surface area contributed by atoms with Crippen molar-refractivity contribution in [2.24, 2.45) is 11.5 Å². The Labute approximate surface area is 61.5 Å². The van der Waals surface area contributed by atoms with Crippen LogP contribution in [0.4, 0.5) is 0 Å². The second kappa shape index (κ2) is 3.90. The van der Waals surface area contributed by atoms with Crippen molar-refractivity contribution in [1.82, 2.24) is 0 Å². The predicted molar refractivity (Wildman–Crippen MR) is 41.4 cm³/mol. The molecule has 0 aromatic rings. The van der Waals surface area contributed by atoms with Crippen molar-refractivity contribution in [3.05, 3.63) is 0 Å². The third-order valence-electron chi connectivity index (χ3n) is 0.946. The van der Waals surface area contributed by atoms with Crippen LogP contribution in [0, 0.1) is 0 Å². The molecule has 0 heterocycles. The molecule has 4 N–H and O–H groups in total. The van der Waals surface area contributed by atoms with Crippen molar-refractivity contribution in [2.75, 3.05) is 18.1 Å². The highest BCUT2D eigenvalue weighted by Crippen LogP contribution is 1.90. The number of hydrogen-bond acceptors (Lipinski definition) is 4. The summed E-state index contributed by atoms with van der Waals surface area (Å²) in [6.45, 7) is 1.84. The van der Waals surface area contributed by atoms with Gasteiger partial charge in [0.25, 0.3) is 0 Å². The van der Waals surface area contributed by atoms with Crippen molar-refractivity contribution in [3.8, 4) is 0 Å². The van der Waals surface area contributed by atoms with E-state index < -0.39 is 9.84 Å². The van der Waals surface area contributed by atoms with Crippen LogP contribution in [0.1, 0.15) is 6.92 Å². The molecule has 0 spiro atoms. The normalized spacial score (nSPS) is 15.1. The van der Waals surface area contributed by atoms with Gasteiger partial charge >= 0.3 is 0 Å². The van der Waals surface area contributed by atoms with Crippen LogP contribution in [0.2, 0.25) is 0 Å². The topological polar surface area (TPSA) is 86.2 Å². The standard InChI is InChI=1S/C5H14N2O2S/c1-5(7)4-10(8,9)3-2-6/h5H,2-4,6-7H2,1H3. The quantitative estimate of drug-likeness (QED) is 0.544. The highest BCUT2D eigenvalue weighted by molar-refractivity contribution is 7.91. The lowest BCUT2D eigenvalue weighted by atomic mass is 10.4. The van der Waals surface area contributed by atoms with Gasteiger partial charge in [-0.05, 0) is 6.92 Å². The maximum Gasteiger partial charge on any atom is 0.153 e. The van der Waals surface area contributed by atoms with E-state index in [9.17, 15) is 8.42 Å². The van der Waals surface area contributed by atoms with Gasteiger partial charge < -0.3 is 11.5 Å². The van der Waals surface area contributed by atoms with Crippen LogP contribution in [0.3, 0.4) is 0 Å². The highest BCUT2D eigenvalue weighted by atomic mass is 32.2. The molecule has 0 saturated carbocycles. The van der Waals surface area contributed by atoms with E-state index in [1.807, 2.05) is 0 Å². The third-order valence-corrected chi connectivity index (χ3v) is 2.84. The summed E-state index contributed by atoms with van der Waals surface area (Å²) in [6.07, 6.45) is 0. The van der Waals surface area contributed by atoms with Gasteiger partial charge in [-0.1, -0.05) is 0 Å². The lowest BCUT2D eigenvalue weighted by Gasteiger charge is -2.04. The van der Waals surface area contributed by atoms with Crippen LogP contribution < -0.4 is 11.5 Å². The average Bonchev–Trinajstić information content (AvgIpc) is 1.59. The maximum absolute atomic E-state index is 10.9. The average molecular weight is 166 g/mol. The van der Waals surface area contributed by atoms with E-state index in [1.165, 1.54) is 0 Å². The van der Waals surface area contributed by atoms with E-state index in [2.05, 4.69) is 0 Å². The first kappa shape index (κ1) is 9.87. The number of nitrogens with two attached hydrogens (primary N) is 2. The Balaban J connectivity index is 3.89. The molecular weight excluding hydrogens is 152 g/mol. The van der Waals surface area contributed by atoms with E-state index in [0.717, 1.165) is 0 Å². The van der Waals surface area contributed by atoms with E-state index in [0.29, 0.717) is 0 Å². The van der Waals surface area contributed by atoms with E-state index in [-0.39, 0.29) is 24.1 Å². The fourth-order valence-electron chi connectivity index (χ4n) is 0.663. The van der Waals surface area contributed by atoms with Crippen molar-refractivity contribution < 1.29 is 8.42 Å². The molecule has 4 nitrogen and oxygen atoms in total. The molecule has 0 aliphatic carbocycles. The fourth-order valence-corrected chi connectivity index (χ4v) is 1.99. The molecule has 0 aliphatic heterocycles. The zero-order chi connectivity index (χ0) is 8.20. The minimum atomic E-state index is -2.98. The monoisotopic (exact) mass is 166 g/mol. The Hall–Kier alpha value is -0.130. The molecule has 0 bridgehead atoms.